The lowest BCUT2D eigenvalue weighted by molar-refractivity contribution is -0.384. The molecule has 7 heteroatoms. The number of nitrogens with two attached hydrogens (primary N) is 1. The molecule has 0 spiro atoms. The highest BCUT2D eigenvalue weighted by Crippen LogP contribution is 2.12. The molecule has 2 amide bonds. The minimum atomic E-state index is -0.632. The van der Waals surface area contributed by atoms with Crippen LogP contribution in [0.15, 0.2) is 30.3 Å². The molecule has 1 aromatic rings. The van der Waals surface area contributed by atoms with Crippen molar-refractivity contribution < 1.29 is 14.5 Å². The van der Waals surface area contributed by atoms with Crippen LogP contribution >= 0.6 is 0 Å². The van der Waals surface area contributed by atoms with Crippen LogP contribution in [0.25, 0.3) is 6.08 Å². The molecule has 0 unspecified atom stereocenters. The molecule has 0 heterocycles. The fourth-order valence-corrected chi connectivity index (χ4v) is 1.11. The van der Waals surface area contributed by atoms with Gasteiger partial charge in [-0.05, 0) is 23.8 Å². The molecular formula is C11H11N3O4. The smallest absolute Gasteiger partial charge is 0.269 e. The zero-order chi connectivity index (χ0) is 13.5. The molecule has 0 aliphatic carbocycles. The van der Waals surface area contributed by atoms with Crippen molar-refractivity contribution in [3.8, 4) is 0 Å². The van der Waals surface area contributed by atoms with E-state index in [9.17, 15) is 19.7 Å². The second-order valence-electron chi connectivity index (χ2n) is 3.37. The second-order valence-corrected chi connectivity index (χ2v) is 3.37. The highest BCUT2D eigenvalue weighted by atomic mass is 16.6. The quantitative estimate of drug-likeness (QED) is 0.440. The van der Waals surface area contributed by atoms with Gasteiger partial charge in [0, 0.05) is 18.2 Å². The molecule has 0 aliphatic rings. The van der Waals surface area contributed by atoms with Gasteiger partial charge in [0.1, 0.15) is 0 Å². The largest absolute Gasteiger partial charge is 0.368 e. The van der Waals surface area contributed by atoms with E-state index in [4.69, 9.17) is 5.73 Å². The average molecular weight is 249 g/mol. The van der Waals surface area contributed by atoms with E-state index in [1.165, 1.54) is 36.4 Å². The van der Waals surface area contributed by atoms with Crippen molar-refractivity contribution in [3.05, 3.63) is 46.0 Å². The third kappa shape index (κ3) is 4.44. The molecule has 18 heavy (non-hydrogen) atoms. The van der Waals surface area contributed by atoms with Gasteiger partial charge in [-0.3, -0.25) is 19.7 Å². The van der Waals surface area contributed by atoms with Gasteiger partial charge in [0.25, 0.3) is 5.69 Å². The highest BCUT2D eigenvalue weighted by molar-refractivity contribution is 5.94. The molecule has 94 valence electrons. The Morgan fingerprint density at radius 3 is 2.44 bits per heavy atom. The number of primary amides is 1. The fraction of sp³-hybridized carbons (Fsp3) is 0.0909. The number of nitro groups is 1. The standard InChI is InChI=1S/C11H11N3O4/c12-10(15)7-13-11(16)6-3-8-1-4-9(5-2-8)14(17)18/h1-6H,7H2,(H2,12,15)(H,13,16)/b6-3+. The van der Waals surface area contributed by atoms with E-state index < -0.39 is 16.7 Å². The molecule has 0 bridgehead atoms. The third-order valence-corrected chi connectivity index (χ3v) is 1.97. The van der Waals surface area contributed by atoms with Crippen LogP contribution in [0.1, 0.15) is 5.56 Å². The molecule has 0 aliphatic heterocycles. The first kappa shape index (κ1) is 13.4. The zero-order valence-electron chi connectivity index (χ0n) is 9.33. The van der Waals surface area contributed by atoms with Gasteiger partial charge in [0.15, 0.2) is 0 Å². The number of rotatable bonds is 5. The summed E-state index contributed by atoms with van der Waals surface area (Å²) in [5.74, 6) is -1.10. The molecule has 0 fully saturated rings. The normalized spacial score (nSPS) is 10.2. The molecule has 0 saturated carbocycles. The summed E-state index contributed by atoms with van der Waals surface area (Å²) in [7, 11) is 0. The summed E-state index contributed by atoms with van der Waals surface area (Å²) < 4.78 is 0. The molecular weight excluding hydrogens is 238 g/mol. The van der Waals surface area contributed by atoms with Crippen molar-refractivity contribution in [1.82, 2.24) is 5.32 Å². The van der Waals surface area contributed by atoms with Crippen LogP contribution in [-0.4, -0.2) is 23.3 Å². The number of non-ortho nitro benzene ring substituents is 1. The number of hydrogen-bond donors (Lipinski definition) is 2. The number of carbonyl (C=O) groups excluding carboxylic acids is 2. The predicted octanol–water partition coefficient (Wildman–Crippen LogP) is 0.209. The van der Waals surface area contributed by atoms with Gasteiger partial charge in [-0.2, -0.15) is 0 Å². The number of amides is 2. The van der Waals surface area contributed by atoms with Gasteiger partial charge in [-0.15, -0.1) is 0 Å². The zero-order valence-corrected chi connectivity index (χ0v) is 9.33. The minimum absolute atomic E-state index is 0.0228. The van der Waals surface area contributed by atoms with Crippen LogP contribution in [0.5, 0.6) is 0 Å². The summed E-state index contributed by atoms with van der Waals surface area (Å²) in [5, 5.41) is 12.7. The summed E-state index contributed by atoms with van der Waals surface area (Å²) in [6.07, 6.45) is 2.68. The Morgan fingerprint density at radius 1 is 1.33 bits per heavy atom. The molecule has 1 aromatic carbocycles. The lowest BCUT2D eigenvalue weighted by Gasteiger charge is -1.97. The molecule has 3 N–H and O–H groups in total. The van der Waals surface area contributed by atoms with Crippen LogP contribution in [0.3, 0.4) is 0 Å². The van der Waals surface area contributed by atoms with Crippen molar-refractivity contribution in [2.75, 3.05) is 6.54 Å². The van der Waals surface area contributed by atoms with Crippen LogP contribution in [0.4, 0.5) is 5.69 Å². The van der Waals surface area contributed by atoms with Gasteiger partial charge in [-0.25, -0.2) is 0 Å². The van der Waals surface area contributed by atoms with Gasteiger partial charge in [-0.1, -0.05) is 0 Å². The maximum Gasteiger partial charge on any atom is 0.269 e. The van der Waals surface area contributed by atoms with E-state index >= 15 is 0 Å². The predicted molar refractivity (Wildman–Crippen MR) is 64.3 cm³/mol. The van der Waals surface area contributed by atoms with Crippen LogP contribution in [-0.2, 0) is 9.59 Å². The Hall–Kier alpha value is -2.70. The summed E-state index contributed by atoms with van der Waals surface area (Å²) in [5.41, 5.74) is 5.46. The Bertz CT molecular complexity index is 494. The summed E-state index contributed by atoms with van der Waals surface area (Å²) in [6.45, 7) is -0.233. The van der Waals surface area contributed by atoms with Crippen molar-refractivity contribution in [1.29, 1.82) is 0 Å². The third-order valence-electron chi connectivity index (χ3n) is 1.97. The molecule has 0 atom stereocenters. The second kappa shape index (κ2) is 6.14. The molecule has 0 saturated heterocycles. The lowest BCUT2D eigenvalue weighted by Crippen LogP contribution is -2.32. The van der Waals surface area contributed by atoms with E-state index in [0.29, 0.717) is 5.56 Å². The number of benzene rings is 1. The van der Waals surface area contributed by atoms with Crippen molar-refractivity contribution in [2.45, 2.75) is 0 Å². The number of nitrogens with one attached hydrogen (secondary N) is 1. The van der Waals surface area contributed by atoms with Gasteiger partial charge >= 0.3 is 0 Å². The first-order valence-electron chi connectivity index (χ1n) is 4.97. The SMILES string of the molecule is NC(=O)CNC(=O)/C=C/c1ccc([N+](=O)[O-])cc1. The monoisotopic (exact) mass is 249 g/mol. The number of nitrogens with zero attached hydrogens (tertiary/aromatic N) is 1. The van der Waals surface area contributed by atoms with Crippen LogP contribution < -0.4 is 11.1 Å². The number of hydrogen-bond acceptors (Lipinski definition) is 4. The summed E-state index contributed by atoms with van der Waals surface area (Å²) in [4.78, 5) is 31.5. The fourth-order valence-electron chi connectivity index (χ4n) is 1.11. The lowest BCUT2D eigenvalue weighted by atomic mass is 10.2. The van der Waals surface area contributed by atoms with E-state index in [2.05, 4.69) is 5.32 Å². The van der Waals surface area contributed by atoms with Gasteiger partial charge < -0.3 is 11.1 Å². The molecule has 0 radical (unpaired) electrons. The number of nitro benzene ring substituents is 1. The summed E-state index contributed by atoms with van der Waals surface area (Å²) >= 11 is 0. The first-order valence-corrected chi connectivity index (χ1v) is 4.97. The van der Waals surface area contributed by atoms with Gasteiger partial charge in [0.05, 0.1) is 11.5 Å². The van der Waals surface area contributed by atoms with Crippen LogP contribution in [0.2, 0.25) is 0 Å². The van der Waals surface area contributed by atoms with E-state index in [1.807, 2.05) is 0 Å². The Labute approximate surface area is 102 Å². The molecule has 1 rings (SSSR count). The van der Waals surface area contributed by atoms with Crippen molar-refractivity contribution in [3.63, 3.8) is 0 Å². The average Bonchev–Trinajstić information content (AvgIpc) is 2.34. The maximum atomic E-state index is 11.2. The Kier molecular flexibility index (Phi) is 4.56. The van der Waals surface area contributed by atoms with Gasteiger partial charge in [0.2, 0.25) is 11.8 Å². The highest BCUT2D eigenvalue weighted by Gasteiger charge is 2.02. The Morgan fingerprint density at radius 2 is 1.94 bits per heavy atom. The van der Waals surface area contributed by atoms with E-state index in [1.54, 1.807) is 0 Å². The first-order chi connectivity index (χ1) is 8.49. The minimum Gasteiger partial charge on any atom is -0.368 e. The van der Waals surface area contributed by atoms with Crippen LogP contribution in [0, 0.1) is 10.1 Å². The Balaban J connectivity index is 2.58. The van der Waals surface area contributed by atoms with Crippen molar-refractivity contribution >= 4 is 23.6 Å². The molecule has 7 nitrogen and oxygen atoms in total. The van der Waals surface area contributed by atoms with E-state index in [0.717, 1.165) is 0 Å². The molecule has 0 aromatic heterocycles. The number of carbonyl (C=O) groups is 2. The van der Waals surface area contributed by atoms with E-state index in [-0.39, 0.29) is 12.2 Å². The summed E-state index contributed by atoms with van der Waals surface area (Å²) in [6, 6.07) is 5.69. The maximum absolute atomic E-state index is 11.2. The van der Waals surface area contributed by atoms with Crippen molar-refractivity contribution in [2.24, 2.45) is 5.73 Å². The topological polar surface area (TPSA) is 115 Å².